The third-order valence-electron chi connectivity index (χ3n) is 4.83. The van der Waals surface area contributed by atoms with E-state index in [4.69, 9.17) is 0 Å². The summed E-state index contributed by atoms with van der Waals surface area (Å²) in [7, 11) is 0. The van der Waals surface area contributed by atoms with Crippen molar-refractivity contribution in [1.29, 1.82) is 0 Å². The molecule has 0 bridgehead atoms. The van der Waals surface area contributed by atoms with Crippen LogP contribution < -0.4 is 10.6 Å². The normalized spacial score (nSPS) is 24.2. The van der Waals surface area contributed by atoms with E-state index < -0.39 is 4.92 Å². The molecule has 1 fully saturated rings. The molecule has 3 atom stereocenters. The molecule has 3 unspecified atom stereocenters. The maximum Gasteiger partial charge on any atom is 0.269 e. The predicted molar refractivity (Wildman–Crippen MR) is 90.3 cm³/mol. The Morgan fingerprint density at radius 1 is 1.26 bits per heavy atom. The number of amides is 1. The van der Waals surface area contributed by atoms with E-state index >= 15 is 0 Å². The molecule has 1 aromatic rings. The number of benzene rings is 1. The minimum Gasteiger partial charge on any atom is -0.326 e. The van der Waals surface area contributed by atoms with Crippen LogP contribution in [0.15, 0.2) is 24.3 Å². The van der Waals surface area contributed by atoms with Gasteiger partial charge in [0.2, 0.25) is 5.91 Å². The van der Waals surface area contributed by atoms with Crippen molar-refractivity contribution in [2.75, 3.05) is 11.9 Å². The molecule has 1 aliphatic carbocycles. The van der Waals surface area contributed by atoms with Crippen LogP contribution in [-0.2, 0) is 4.79 Å². The van der Waals surface area contributed by atoms with E-state index in [1.807, 2.05) is 0 Å². The van der Waals surface area contributed by atoms with Crippen LogP contribution in [0.4, 0.5) is 11.4 Å². The van der Waals surface area contributed by atoms with Crippen LogP contribution in [0.25, 0.3) is 0 Å². The van der Waals surface area contributed by atoms with Crippen LogP contribution in [0.2, 0.25) is 0 Å². The third-order valence-corrected chi connectivity index (χ3v) is 4.83. The lowest BCUT2D eigenvalue weighted by Crippen LogP contribution is -2.41. The summed E-state index contributed by atoms with van der Waals surface area (Å²) >= 11 is 0. The minimum absolute atomic E-state index is 0.0186. The smallest absolute Gasteiger partial charge is 0.269 e. The van der Waals surface area contributed by atoms with Crippen LogP contribution in [-0.4, -0.2) is 23.4 Å². The van der Waals surface area contributed by atoms with E-state index in [1.165, 1.54) is 31.4 Å². The number of carbonyl (C=O) groups is 1. The van der Waals surface area contributed by atoms with Gasteiger partial charge in [-0.2, -0.15) is 0 Å². The van der Waals surface area contributed by atoms with Gasteiger partial charge in [-0.25, -0.2) is 0 Å². The summed E-state index contributed by atoms with van der Waals surface area (Å²) in [5.74, 6) is 1.29. The molecule has 126 valence electrons. The summed E-state index contributed by atoms with van der Waals surface area (Å²) in [4.78, 5) is 22.1. The van der Waals surface area contributed by atoms with Crippen molar-refractivity contribution in [2.45, 2.75) is 45.6 Å². The molecule has 1 aliphatic rings. The van der Waals surface area contributed by atoms with Crippen LogP contribution in [0, 0.1) is 22.0 Å². The Balaban J connectivity index is 1.73. The van der Waals surface area contributed by atoms with E-state index in [0.29, 0.717) is 30.6 Å². The number of anilines is 1. The molecule has 0 aromatic heterocycles. The van der Waals surface area contributed by atoms with Crippen molar-refractivity contribution >= 4 is 17.3 Å². The SMILES string of the molecule is CC1CCCC(NCCC(=O)Nc2ccc([N+](=O)[O-])cc2)C1C. The molecule has 0 spiro atoms. The van der Waals surface area contributed by atoms with E-state index in [1.54, 1.807) is 12.1 Å². The van der Waals surface area contributed by atoms with E-state index in [-0.39, 0.29) is 11.6 Å². The topological polar surface area (TPSA) is 84.3 Å². The summed E-state index contributed by atoms with van der Waals surface area (Å²) in [5, 5.41) is 16.8. The zero-order valence-corrected chi connectivity index (χ0v) is 13.7. The number of non-ortho nitro benzene ring substituents is 1. The number of rotatable bonds is 6. The second kappa shape index (κ2) is 8.06. The second-order valence-electron chi connectivity index (χ2n) is 6.43. The monoisotopic (exact) mass is 319 g/mol. The number of hydrogen-bond acceptors (Lipinski definition) is 4. The molecule has 0 aliphatic heterocycles. The average Bonchev–Trinajstić information content (AvgIpc) is 2.52. The highest BCUT2D eigenvalue weighted by molar-refractivity contribution is 5.90. The highest BCUT2D eigenvalue weighted by Crippen LogP contribution is 2.29. The number of nitro benzene ring substituents is 1. The Morgan fingerprint density at radius 3 is 2.61 bits per heavy atom. The molecular weight excluding hydrogens is 294 g/mol. The summed E-state index contributed by atoms with van der Waals surface area (Å²) < 4.78 is 0. The molecule has 0 radical (unpaired) electrons. The molecule has 1 aromatic carbocycles. The molecule has 23 heavy (non-hydrogen) atoms. The maximum absolute atomic E-state index is 11.9. The Bertz CT molecular complexity index is 545. The molecule has 2 N–H and O–H groups in total. The average molecular weight is 319 g/mol. The molecule has 6 nitrogen and oxygen atoms in total. The lowest BCUT2D eigenvalue weighted by atomic mass is 9.78. The molecule has 1 saturated carbocycles. The Kier molecular flexibility index (Phi) is 6.10. The van der Waals surface area contributed by atoms with Crippen molar-refractivity contribution in [3.05, 3.63) is 34.4 Å². The summed E-state index contributed by atoms with van der Waals surface area (Å²) in [6, 6.07) is 6.37. The van der Waals surface area contributed by atoms with Gasteiger partial charge in [-0.3, -0.25) is 14.9 Å². The fourth-order valence-corrected chi connectivity index (χ4v) is 3.13. The van der Waals surface area contributed by atoms with Gasteiger partial charge < -0.3 is 10.6 Å². The van der Waals surface area contributed by atoms with Gasteiger partial charge in [0.15, 0.2) is 0 Å². The van der Waals surface area contributed by atoms with Crippen molar-refractivity contribution in [3.63, 3.8) is 0 Å². The van der Waals surface area contributed by atoms with Crippen molar-refractivity contribution in [2.24, 2.45) is 11.8 Å². The fraction of sp³-hybridized carbons (Fsp3) is 0.588. The number of nitrogens with one attached hydrogen (secondary N) is 2. The summed E-state index contributed by atoms with van der Waals surface area (Å²) in [6.45, 7) is 5.22. The predicted octanol–water partition coefficient (Wildman–Crippen LogP) is 3.34. The molecule has 0 saturated heterocycles. The third kappa shape index (κ3) is 5.03. The Morgan fingerprint density at radius 2 is 1.96 bits per heavy atom. The molecule has 0 heterocycles. The Hall–Kier alpha value is -1.95. The van der Waals surface area contributed by atoms with E-state index in [0.717, 1.165) is 5.92 Å². The maximum atomic E-state index is 11.9. The van der Waals surface area contributed by atoms with Crippen LogP contribution in [0.5, 0.6) is 0 Å². The molecular formula is C17H25N3O3. The number of nitro groups is 1. The zero-order chi connectivity index (χ0) is 16.8. The van der Waals surface area contributed by atoms with E-state index in [2.05, 4.69) is 24.5 Å². The molecule has 6 heteroatoms. The highest BCUT2D eigenvalue weighted by Gasteiger charge is 2.26. The number of carbonyl (C=O) groups excluding carboxylic acids is 1. The zero-order valence-electron chi connectivity index (χ0n) is 13.7. The highest BCUT2D eigenvalue weighted by atomic mass is 16.6. The quantitative estimate of drug-likeness (QED) is 0.622. The van der Waals surface area contributed by atoms with Gasteiger partial charge in [-0.1, -0.05) is 26.7 Å². The number of nitrogens with zero attached hydrogens (tertiary/aromatic N) is 1. The second-order valence-corrected chi connectivity index (χ2v) is 6.43. The molecule has 1 amide bonds. The summed E-state index contributed by atoms with van der Waals surface area (Å²) in [6.07, 6.45) is 4.11. The van der Waals surface area contributed by atoms with Gasteiger partial charge in [-0.15, -0.1) is 0 Å². The standard InChI is InChI=1S/C17H25N3O3/c1-12-4-3-5-16(13(12)2)18-11-10-17(21)19-14-6-8-15(9-7-14)20(22)23/h6-9,12-13,16,18H,3-5,10-11H2,1-2H3,(H,19,21). The largest absolute Gasteiger partial charge is 0.326 e. The lowest BCUT2D eigenvalue weighted by Gasteiger charge is -2.34. The van der Waals surface area contributed by atoms with Crippen LogP contribution >= 0.6 is 0 Å². The first-order valence-electron chi connectivity index (χ1n) is 8.25. The van der Waals surface area contributed by atoms with Crippen molar-refractivity contribution in [3.8, 4) is 0 Å². The summed E-state index contributed by atoms with van der Waals surface area (Å²) in [5.41, 5.74) is 0.602. The van der Waals surface area contributed by atoms with Crippen LogP contribution in [0.1, 0.15) is 39.5 Å². The van der Waals surface area contributed by atoms with Crippen molar-refractivity contribution in [1.82, 2.24) is 5.32 Å². The van der Waals surface area contributed by atoms with Crippen molar-refractivity contribution < 1.29 is 9.72 Å². The lowest BCUT2D eigenvalue weighted by molar-refractivity contribution is -0.384. The van der Waals surface area contributed by atoms with Gasteiger partial charge in [0.25, 0.3) is 5.69 Å². The van der Waals surface area contributed by atoms with Gasteiger partial charge >= 0.3 is 0 Å². The fourth-order valence-electron chi connectivity index (χ4n) is 3.13. The minimum atomic E-state index is -0.456. The van der Waals surface area contributed by atoms with E-state index in [9.17, 15) is 14.9 Å². The van der Waals surface area contributed by atoms with Gasteiger partial charge in [0.05, 0.1) is 4.92 Å². The van der Waals surface area contributed by atoms with Gasteiger partial charge in [0.1, 0.15) is 0 Å². The first kappa shape index (κ1) is 17.4. The first-order valence-corrected chi connectivity index (χ1v) is 8.25. The van der Waals surface area contributed by atoms with Crippen LogP contribution in [0.3, 0.4) is 0 Å². The van der Waals surface area contributed by atoms with Gasteiger partial charge in [-0.05, 0) is 30.4 Å². The number of hydrogen-bond donors (Lipinski definition) is 2. The first-order chi connectivity index (χ1) is 11.0. The Labute approximate surface area is 136 Å². The molecule has 2 rings (SSSR count). The van der Waals surface area contributed by atoms with Gasteiger partial charge in [0, 0.05) is 36.8 Å².